The second kappa shape index (κ2) is 5.09. The molecular weight excluding hydrogens is 339 g/mol. The van der Waals surface area contributed by atoms with Crippen molar-refractivity contribution < 1.29 is 0 Å². The molecule has 4 aromatic rings. The number of thiazole rings is 1. The Kier molecular flexibility index (Phi) is 3.18. The van der Waals surface area contributed by atoms with Crippen molar-refractivity contribution in [3.63, 3.8) is 0 Å². The monoisotopic (exact) mass is 346 g/mol. The average molecular weight is 347 g/mol. The molecular formula is C16H8Cl2N2OS. The van der Waals surface area contributed by atoms with Gasteiger partial charge in [-0.3, -0.25) is 4.79 Å². The SMILES string of the molecule is O=c1c(=Cc2cccc(Cl)c2Cl)sc2nc3ccccc3n12. The van der Waals surface area contributed by atoms with Crippen LogP contribution in [-0.2, 0) is 0 Å². The predicted octanol–water partition coefficient (Wildman–Crippen LogP) is 3.76. The van der Waals surface area contributed by atoms with Crippen molar-refractivity contribution in [1.29, 1.82) is 0 Å². The van der Waals surface area contributed by atoms with Gasteiger partial charge in [0.2, 0.25) is 0 Å². The summed E-state index contributed by atoms with van der Waals surface area (Å²) in [6.07, 6.45) is 1.75. The fraction of sp³-hybridized carbons (Fsp3) is 0. The Hall–Kier alpha value is -1.88. The lowest BCUT2D eigenvalue weighted by atomic mass is 10.2. The summed E-state index contributed by atoms with van der Waals surface area (Å²) in [6.45, 7) is 0. The maximum atomic E-state index is 12.6. The molecule has 0 bridgehead atoms. The Morgan fingerprint density at radius 1 is 1.09 bits per heavy atom. The van der Waals surface area contributed by atoms with E-state index in [9.17, 15) is 4.79 Å². The van der Waals surface area contributed by atoms with Gasteiger partial charge < -0.3 is 0 Å². The molecule has 2 aromatic carbocycles. The van der Waals surface area contributed by atoms with Gasteiger partial charge in [-0.25, -0.2) is 9.38 Å². The largest absolute Gasteiger partial charge is 0.274 e. The molecule has 0 amide bonds. The highest BCUT2D eigenvalue weighted by Gasteiger charge is 2.11. The summed E-state index contributed by atoms with van der Waals surface area (Å²) in [6, 6.07) is 12.9. The van der Waals surface area contributed by atoms with Crippen molar-refractivity contribution in [3.05, 3.63) is 73.0 Å². The van der Waals surface area contributed by atoms with E-state index in [4.69, 9.17) is 23.2 Å². The lowest BCUT2D eigenvalue weighted by Crippen LogP contribution is -2.22. The molecule has 0 N–H and O–H groups in total. The standard InChI is InChI=1S/C16H8Cl2N2OS/c17-10-5-3-4-9(14(10)18)8-13-15(21)20-12-7-2-1-6-11(12)19-16(20)22-13/h1-8H. The molecule has 0 atom stereocenters. The molecule has 0 aliphatic carbocycles. The van der Waals surface area contributed by atoms with Crippen LogP contribution in [0.15, 0.2) is 47.3 Å². The van der Waals surface area contributed by atoms with Crippen LogP contribution in [0.25, 0.3) is 22.1 Å². The summed E-state index contributed by atoms with van der Waals surface area (Å²) in [5.74, 6) is 0. The maximum Gasteiger partial charge on any atom is 0.274 e. The van der Waals surface area contributed by atoms with E-state index in [1.54, 1.807) is 22.6 Å². The van der Waals surface area contributed by atoms with Gasteiger partial charge in [0.05, 0.1) is 25.6 Å². The van der Waals surface area contributed by atoms with E-state index >= 15 is 0 Å². The second-order valence-electron chi connectivity index (χ2n) is 4.78. The van der Waals surface area contributed by atoms with E-state index in [0.29, 0.717) is 19.5 Å². The highest BCUT2D eigenvalue weighted by molar-refractivity contribution is 7.15. The zero-order chi connectivity index (χ0) is 15.3. The fourth-order valence-corrected chi connectivity index (χ4v) is 3.73. The number of halogens is 2. The number of fused-ring (bicyclic) bond motifs is 3. The number of nitrogens with zero attached hydrogens (tertiary/aromatic N) is 2. The van der Waals surface area contributed by atoms with Crippen molar-refractivity contribution in [2.24, 2.45) is 0 Å². The predicted molar refractivity (Wildman–Crippen MR) is 92.1 cm³/mol. The van der Waals surface area contributed by atoms with Crippen LogP contribution in [-0.4, -0.2) is 9.38 Å². The highest BCUT2D eigenvalue weighted by atomic mass is 35.5. The van der Waals surface area contributed by atoms with Gasteiger partial charge in [0.25, 0.3) is 5.56 Å². The zero-order valence-electron chi connectivity index (χ0n) is 11.1. The minimum absolute atomic E-state index is 0.0928. The molecule has 0 radical (unpaired) electrons. The first-order valence-electron chi connectivity index (χ1n) is 6.51. The van der Waals surface area contributed by atoms with Crippen molar-refractivity contribution in [2.45, 2.75) is 0 Å². The van der Waals surface area contributed by atoms with Gasteiger partial charge >= 0.3 is 0 Å². The average Bonchev–Trinajstić information content (AvgIpc) is 3.01. The summed E-state index contributed by atoms with van der Waals surface area (Å²) in [4.78, 5) is 17.8. The van der Waals surface area contributed by atoms with Gasteiger partial charge in [0.15, 0.2) is 4.96 Å². The number of hydrogen-bond donors (Lipinski definition) is 0. The number of aromatic nitrogens is 2. The summed E-state index contributed by atoms with van der Waals surface area (Å²) in [5, 5.41) is 0.911. The van der Waals surface area contributed by atoms with Crippen LogP contribution in [0.1, 0.15) is 5.56 Å². The van der Waals surface area contributed by atoms with Gasteiger partial charge in [0, 0.05) is 0 Å². The lowest BCUT2D eigenvalue weighted by molar-refractivity contribution is 1.19. The molecule has 2 heterocycles. The first kappa shape index (κ1) is 13.8. The van der Waals surface area contributed by atoms with Crippen LogP contribution in [0.2, 0.25) is 10.0 Å². The summed E-state index contributed by atoms with van der Waals surface area (Å²) < 4.78 is 2.21. The molecule has 0 saturated carbocycles. The van der Waals surface area contributed by atoms with E-state index < -0.39 is 0 Å². The lowest BCUT2D eigenvalue weighted by Gasteiger charge is -1.98. The van der Waals surface area contributed by atoms with E-state index in [2.05, 4.69) is 4.98 Å². The van der Waals surface area contributed by atoms with Crippen LogP contribution < -0.4 is 10.1 Å². The number of rotatable bonds is 1. The summed E-state index contributed by atoms with van der Waals surface area (Å²) in [5.41, 5.74) is 2.26. The highest BCUT2D eigenvalue weighted by Crippen LogP contribution is 2.26. The third-order valence-corrected chi connectivity index (χ3v) is 5.22. The van der Waals surface area contributed by atoms with Crippen LogP contribution >= 0.6 is 34.5 Å². The van der Waals surface area contributed by atoms with Crippen LogP contribution in [0.4, 0.5) is 0 Å². The van der Waals surface area contributed by atoms with E-state index in [1.165, 1.54) is 11.3 Å². The first-order chi connectivity index (χ1) is 10.6. The number of hydrogen-bond acceptors (Lipinski definition) is 3. The third kappa shape index (κ3) is 2.03. The van der Waals surface area contributed by atoms with Gasteiger partial charge in [-0.2, -0.15) is 0 Å². The Labute approximate surface area is 139 Å². The normalized spacial score (nSPS) is 12.5. The summed E-state index contributed by atoms with van der Waals surface area (Å²) in [7, 11) is 0. The number of benzene rings is 2. The molecule has 4 rings (SSSR count). The molecule has 0 aliphatic rings. The molecule has 0 unspecified atom stereocenters. The molecule has 0 saturated heterocycles. The van der Waals surface area contributed by atoms with Crippen molar-refractivity contribution >= 4 is 56.6 Å². The molecule has 0 spiro atoms. The molecule has 22 heavy (non-hydrogen) atoms. The maximum absolute atomic E-state index is 12.6. The van der Waals surface area contributed by atoms with Gasteiger partial charge in [0.1, 0.15) is 0 Å². The van der Waals surface area contributed by atoms with E-state index in [1.807, 2.05) is 30.3 Å². The molecule has 0 aliphatic heterocycles. The smallest absolute Gasteiger partial charge is 0.267 e. The molecule has 108 valence electrons. The molecule has 3 nitrogen and oxygen atoms in total. The van der Waals surface area contributed by atoms with Crippen molar-refractivity contribution in [2.75, 3.05) is 0 Å². The second-order valence-corrected chi connectivity index (χ2v) is 6.57. The van der Waals surface area contributed by atoms with Gasteiger partial charge in [-0.1, -0.05) is 58.8 Å². The van der Waals surface area contributed by atoms with Crippen LogP contribution in [0.5, 0.6) is 0 Å². The Morgan fingerprint density at radius 3 is 2.77 bits per heavy atom. The van der Waals surface area contributed by atoms with Gasteiger partial charge in [-0.15, -0.1) is 0 Å². The first-order valence-corrected chi connectivity index (χ1v) is 8.08. The van der Waals surface area contributed by atoms with E-state index in [-0.39, 0.29) is 5.56 Å². The van der Waals surface area contributed by atoms with E-state index in [0.717, 1.165) is 16.6 Å². The topological polar surface area (TPSA) is 34.4 Å². The minimum Gasteiger partial charge on any atom is -0.267 e. The number of para-hydroxylation sites is 2. The van der Waals surface area contributed by atoms with Crippen molar-refractivity contribution in [1.82, 2.24) is 9.38 Å². The Morgan fingerprint density at radius 2 is 1.91 bits per heavy atom. The Bertz CT molecular complexity index is 1130. The quantitative estimate of drug-likeness (QED) is 0.525. The Balaban J connectivity index is 2.04. The number of imidazole rings is 1. The third-order valence-electron chi connectivity index (χ3n) is 3.41. The molecule has 6 heteroatoms. The molecule has 0 fully saturated rings. The van der Waals surface area contributed by atoms with Crippen LogP contribution in [0, 0.1) is 0 Å². The fourth-order valence-electron chi connectivity index (χ4n) is 2.39. The summed E-state index contributed by atoms with van der Waals surface area (Å²) >= 11 is 13.5. The minimum atomic E-state index is -0.0928. The van der Waals surface area contributed by atoms with Crippen molar-refractivity contribution in [3.8, 4) is 0 Å². The zero-order valence-corrected chi connectivity index (χ0v) is 13.4. The molecule has 2 aromatic heterocycles. The van der Waals surface area contributed by atoms with Crippen LogP contribution in [0.3, 0.4) is 0 Å². The van der Waals surface area contributed by atoms with Gasteiger partial charge in [-0.05, 0) is 29.8 Å².